The van der Waals surface area contributed by atoms with E-state index in [1.54, 1.807) is 11.3 Å². The topological polar surface area (TPSA) is 54.5 Å². The third kappa shape index (κ3) is 3.59. The van der Waals surface area contributed by atoms with E-state index in [1.807, 2.05) is 35.7 Å². The second-order valence-electron chi connectivity index (χ2n) is 4.81. The highest BCUT2D eigenvalue weighted by molar-refractivity contribution is 7.13. The van der Waals surface area contributed by atoms with Gasteiger partial charge in [-0.3, -0.25) is 4.84 Å². The van der Waals surface area contributed by atoms with Crippen molar-refractivity contribution < 1.29 is 9.63 Å². The van der Waals surface area contributed by atoms with Crippen LogP contribution in [0.15, 0.2) is 35.7 Å². The van der Waals surface area contributed by atoms with Crippen LogP contribution in [-0.2, 0) is 11.4 Å². The molecule has 0 bridgehead atoms. The van der Waals surface area contributed by atoms with E-state index >= 15 is 0 Å². The first-order valence-electron chi connectivity index (χ1n) is 7.01. The van der Waals surface area contributed by atoms with Crippen molar-refractivity contribution in [1.82, 2.24) is 15.4 Å². The Kier molecular flexibility index (Phi) is 4.47. The van der Waals surface area contributed by atoms with Crippen LogP contribution in [0.5, 0.6) is 0 Å². The average Bonchev–Trinajstić information content (AvgIpc) is 3.03. The van der Waals surface area contributed by atoms with Gasteiger partial charge in [0.15, 0.2) is 0 Å². The predicted octanol–water partition coefficient (Wildman–Crippen LogP) is 3.05. The van der Waals surface area contributed by atoms with Crippen LogP contribution in [0.4, 0.5) is 4.79 Å². The molecule has 1 aliphatic rings. The van der Waals surface area contributed by atoms with Crippen molar-refractivity contribution in [3.05, 3.63) is 41.4 Å². The summed E-state index contributed by atoms with van der Waals surface area (Å²) in [5, 5.41) is 7.18. The molecule has 0 radical (unpaired) electrons. The minimum absolute atomic E-state index is 0.191. The lowest BCUT2D eigenvalue weighted by molar-refractivity contribution is -0.139. The average molecular weight is 303 g/mol. The highest BCUT2D eigenvalue weighted by Crippen LogP contribution is 2.23. The van der Waals surface area contributed by atoms with Crippen LogP contribution >= 0.6 is 11.3 Å². The minimum Gasteiger partial charge on any atom is -0.331 e. The second kappa shape index (κ2) is 6.69. The molecule has 2 aromatic rings. The van der Waals surface area contributed by atoms with E-state index < -0.39 is 0 Å². The van der Waals surface area contributed by atoms with E-state index in [2.05, 4.69) is 10.3 Å². The molecule has 0 spiro atoms. The van der Waals surface area contributed by atoms with Gasteiger partial charge in [0.05, 0.1) is 25.4 Å². The molecule has 1 N–H and O–H groups in total. The number of amides is 2. The largest absolute Gasteiger partial charge is 0.341 e. The molecule has 3 rings (SSSR count). The zero-order valence-corrected chi connectivity index (χ0v) is 12.4. The third-order valence-electron chi connectivity index (χ3n) is 3.22. The van der Waals surface area contributed by atoms with Crippen molar-refractivity contribution in [1.29, 1.82) is 0 Å². The number of aromatic nitrogens is 1. The number of hydroxylamine groups is 2. The summed E-state index contributed by atoms with van der Waals surface area (Å²) < 4.78 is 0. The van der Waals surface area contributed by atoms with E-state index in [0.29, 0.717) is 19.7 Å². The van der Waals surface area contributed by atoms with Gasteiger partial charge in [-0.05, 0) is 12.8 Å². The van der Waals surface area contributed by atoms with Crippen molar-refractivity contribution >= 4 is 17.4 Å². The molecule has 1 aromatic heterocycles. The molecule has 0 saturated carbocycles. The maximum atomic E-state index is 11.9. The molecule has 1 aliphatic heterocycles. The fraction of sp³-hybridized carbons (Fsp3) is 0.333. The molecule has 1 saturated heterocycles. The van der Waals surface area contributed by atoms with Crippen LogP contribution in [0, 0.1) is 0 Å². The Hall–Kier alpha value is -1.92. The molecule has 21 heavy (non-hydrogen) atoms. The molecule has 1 aromatic carbocycles. The number of urea groups is 1. The molecule has 0 atom stereocenters. The summed E-state index contributed by atoms with van der Waals surface area (Å²) in [4.78, 5) is 21.8. The molecule has 2 heterocycles. The zero-order chi connectivity index (χ0) is 14.5. The van der Waals surface area contributed by atoms with Gasteiger partial charge in [-0.2, -0.15) is 0 Å². The summed E-state index contributed by atoms with van der Waals surface area (Å²) in [6, 6.07) is 9.84. The Bertz CT molecular complexity index is 594. The normalized spacial score (nSPS) is 15.0. The number of carbonyl (C=O) groups is 1. The van der Waals surface area contributed by atoms with Gasteiger partial charge >= 0.3 is 6.03 Å². The Balaban J connectivity index is 1.56. The zero-order valence-electron chi connectivity index (χ0n) is 11.6. The van der Waals surface area contributed by atoms with Crippen LogP contribution in [0.1, 0.15) is 18.5 Å². The van der Waals surface area contributed by atoms with E-state index in [1.165, 1.54) is 5.06 Å². The number of carbonyl (C=O) groups excluding carboxylic acids is 1. The van der Waals surface area contributed by atoms with E-state index in [9.17, 15) is 4.79 Å². The van der Waals surface area contributed by atoms with E-state index in [0.717, 1.165) is 29.1 Å². The van der Waals surface area contributed by atoms with Crippen LogP contribution in [0.3, 0.4) is 0 Å². The Morgan fingerprint density at radius 1 is 1.33 bits per heavy atom. The SMILES string of the molecule is O=C(NCc1csc(-c2ccccc2)n1)N1CCCCO1. The van der Waals surface area contributed by atoms with Gasteiger partial charge in [0.2, 0.25) is 0 Å². The van der Waals surface area contributed by atoms with Crippen molar-refractivity contribution in [3.63, 3.8) is 0 Å². The second-order valence-corrected chi connectivity index (χ2v) is 5.67. The fourth-order valence-corrected chi connectivity index (χ4v) is 2.94. The summed E-state index contributed by atoms with van der Waals surface area (Å²) in [5.74, 6) is 0. The van der Waals surface area contributed by atoms with Gasteiger partial charge in [-0.1, -0.05) is 30.3 Å². The molecule has 5 nitrogen and oxygen atoms in total. The van der Waals surface area contributed by atoms with Gasteiger partial charge in [0.1, 0.15) is 5.01 Å². The van der Waals surface area contributed by atoms with Crippen LogP contribution < -0.4 is 5.32 Å². The van der Waals surface area contributed by atoms with Gasteiger partial charge in [-0.15, -0.1) is 11.3 Å². The van der Waals surface area contributed by atoms with E-state index in [4.69, 9.17) is 4.84 Å². The smallest absolute Gasteiger partial charge is 0.331 e. The monoisotopic (exact) mass is 303 g/mol. The first-order valence-corrected chi connectivity index (χ1v) is 7.89. The quantitative estimate of drug-likeness (QED) is 0.948. The molecule has 2 amide bonds. The van der Waals surface area contributed by atoms with Crippen LogP contribution in [0.25, 0.3) is 10.6 Å². The van der Waals surface area contributed by atoms with Crippen molar-refractivity contribution in [3.8, 4) is 10.6 Å². The highest BCUT2D eigenvalue weighted by Gasteiger charge is 2.17. The summed E-state index contributed by atoms with van der Waals surface area (Å²) in [6.07, 6.45) is 2.00. The van der Waals surface area contributed by atoms with Crippen LogP contribution in [-0.4, -0.2) is 29.2 Å². The molecular weight excluding hydrogens is 286 g/mol. The Morgan fingerprint density at radius 2 is 2.19 bits per heavy atom. The number of hydrogen-bond acceptors (Lipinski definition) is 4. The molecule has 110 valence electrons. The van der Waals surface area contributed by atoms with Gasteiger partial charge < -0.3 is 5.32 Å². The number of rotatable bonds is 3. The lowest BCUT2D eigenvalue weighted by Gasteiger charge is -2.25. The predicted molar refractivity (Wildman–Crippen MR) is 81.7 cm³/mol. The van der Waals surface area contributed by atoms with Crippen molar-refractivity contribution in [2.24, 2.45) is 0 Å². The number of hydrogen-bond donors (Lipinski definition) is 1. The summed E-state index contributed by atoms with van der Waals surface area (Å²) >= 11 is 1.58. The van der Waals surface area contributed by atoms with Gasteiger partial charge in [0, 0.05) is 10.9 Å². The number of benzene rings is 1. The van der Waals surface area contributed by atoms with Crippen LogP contribution in [0.2, 0.25) is 0 Å². The maximum absolute atomic E-state index is 11.9. The maximum Gasteiger partial charge on any atom is 0.341 e. The third-order valence-corrected chi connectivity index (χ3v) is 4.16. The highest BCUT2D eigenvalue weighted by atomic mass is 32.1. The summed E-state index contributed by atoms with van der Waals surface area (Å²) in [5.41, 5.74) is 1.96. The lowest BCUT2D eigenvalue weighted by atomic mass is 10.2. The molecule has 0 unspecified atom stereocenters. The standard InChI is InChI=1S/C15H17N3O2S/c19-15(18-8-4-5-9-20-18)16-10-13-11-21-14(17-13)12-6-2-1-3-7-12/h1-3,6-7,11H,4-5,8-10H2,(H,16,19). The Morgan fingerprint density at radius 3 is 2.95 bits per heavy atom. The first-order chi connectivity index (χ1) is 10.3. The molecule has 0 aliphatic carbocycles. The van der Waals surface area contributed by atoms with Crippen molar-refractivity contribution in [2.45, 2.75) is 19.4 Å². The first kappa shape index (κ1) is 14.0. The number of nitrogens with one attached hydrogen (secondary N) is 1. The minimum atomic E-state index is -0.191. The van der Waals surface area contributed by atoms with Gasteiger partial charge in [-0.25, -0.2) is 14.8 Å². The van der Waals surface area contributed by atoms with E-state index in [-0.39, 0.29) is 6.03 Å². The Labute approximate surface area is 127 Å². The molecule has 6 heteroatoms. The molecular formula is C15H17N3O2S. The lowest BCUT2D eigenvalue weighted by Crippen LogP contribution is -2.42. The summed E-state index contributed by atoms with van der Waals surface area (Å²) in [7, 11) is 0. The van der Waals surface area contributed by atoms with Crippen molar-refractivity contribution in [2.75, 3.05) is 13.2 Å². The molecule has 1 fully saturated rings. The fourth-order valence-electron chi connectivity index (χ4n) is 2.11. The number of thiazole rings is 1. The van der Waals surface area contributed by atoms with Gasteiger partial charge in [0.25, 0.3) is 0 Å². The summed E-state index contributed by atoms with van der Waals surface area (Å²) in [6.45, 7) is 1.68. The number of nitrogens with zero attached hydrogens (tertiary/aromatic N) is 2.